The molecule has 1 aliphatic heterocycles. The quantitative estimate of drug-likeness (QED) is 0.910. The first-order valence-corrected chi connectivity index (χ1v) is 7.04. The lowest BCUT2D eigenvalue weighted by molar-refractivity contribution is 0.0459. The lowest BCUT2D eigenvalue weighted by atomic mass is 10.0. The molecule has 1 fully saturated rings. The Morgan fingerprint density at radius 3 is 2.68 bits per heavy atom. The average molecular weight is 266 g/mol. The number of hydrogen-bond acceptors (Lipinski definition) is 3. The van der Waals surface area contributed by atoms with Gasteiger partial charge in [0.25, 0.3) is 0 Å². The first-order chi connectivity index (χ1) is 9.13. The Bertz CT molecular complexity index is 415. The average Bonchev–Trinajstić information content (AvgIpc) is 2.39. The van der Waals surface area contributed by atoms with Gasteiger partial charge >= 0.3 is 0 Å². The fraction of sp³-hybridized carbons (Fsp3) is 0.600. The van der Waals surface area contributed by atoms with Gasteiger partial charge < -0.3 is 15.4 Å². The minimum atomic E-state index is -0.291. The normalized spacial score (nSPS) is 18.6. The monoisotopic (exact) mass is 266 g/mol. The molecule has 0 unspecified atom stereocenters. The third-order valence-corrected chi connectivity index (χ3v) is 3.67. The molecule has 1 saturated heterocycles. The summed E-state index contributed by atoms with van der Waals surface area (Å²) >= 11 is 0. The molecule has 1 aliphatic rings. The van der Waals surface area contributed by atoms with E-state index < -0.39 is 0 Å². The number of nitrogens with zero attached hydrogens (tertiary/aromatic N) is 1. The zero-order chi connectivity index (χ0) is 13.8. The van der Waals surface area contributed by atoms with Crippen molar-refractivity contribution < 1.29 is 9.13 Å². The number of piperidine rings is 1. The molecule has 2 rings (SSSR count). The second-order valence-corrected chi connectivity index (χ2v) is 5.10. The highest BCUT2D eigenvalue weighted by Gasteiger charge is 2.23. The van der Waals surface area contributed by atoms with E-state index in [0.717, 1.165) is 38.2 Å². The van der Waals surface area contributed by atoms with Gasteiger partial charge in [-0.05, 0) is 38.8 Å². The Labute approximate surface area is 114 Å². The summed E-state index contributed by atoms with van der Waals surface area (Å²) in [5.74, 6) is -0.209. The molecule has 0 saturated carbocycles. The van der Waals surface area contributed by atoms with Crippen LogP contribution < -0.4 is 10.6 Å². The van der Waals surface area contributed by atoms with Gasteiger partial charge in [-0.2, -0.15) is 0 Å². The number of hydrogen-bond donors (Lipinski definition) is 1. The molecule has 1 aromatic rings. The Morgan fingerprint density at radius 2 is 2.11 bits per heavy atom. The third-order valence-electron chi connectivity index (χ3n) is 3.67. The number of anilines is 1. The van der Waals surface area contributed by atoms with Gasteiger partial charge in [-0.1, -0.05) is 6.07 Å². The molecule has 0 radical (unpaired) electrons. The highest BCUT2D eigenvalue weighted by molar-refractivity contribution is 5.55. The summed E-state index contributed by atoms with van der Waals surface area (Å²) in [4.78, 5) is 2.22. The van der Waals surface area contributed by atoms with E-state index >= 15 is 0 Å². The van der Waals surface area contributed by atoms with Crippen molar-refractivity contribution in [1.29, 1.82) is 0 Å². The minimum absolute atomic E-state index is 0.209. The summed E-state index contributed by atoms with van der Waals surface area (Å²) in [6, 6.07) is 4.91. The van der Waals surface area contributed by atoms with Crippen LogP contribution in [-0.4, -0.2) is 25.8 Å². The Kier molecular flexibility index (Phi) is 4.77. The Morgan fingerprint density at radius 1 is 1.42 bits per heavy atom. The molecule has 0 bridgehead atoms. The van der Waals surface area contributed by atoms with Crippen LogP contribution in [0.4, 0.5) is 10.1 Å². The van der Waals surface area contributed by atoms with E-state index in [-0.39, 0.29) is 11.9 Å². The van der Waals surface area contributed by atoms with Gasteiger partial charge in [0.05, 0.1) is 6.10 Å². The van der Waals surface area contributed by atoms with Gasteiger partial charge in [-0.15, -0.1) is 0 Å². The smallest absolute Gasteiger partial charge is 0.130 e. The van der Waals surface area contributed by atoms with E-state index in [1.165, 1.54) is 6.07 Å². The van der Waals surface area contributed by atoms with Crippen LogP contribution in [0.15, 0.2) is 18.2 Å². The van der Waals surface area contributed by atoms with Gasteiger partial charge in [0, 0.05) is 37.0 Å². The number of nitrogens with two attached hydrogens (primary N) is 1. The first kappa shape index (κ1) is 14.3. The second-order valence-electron chi connectivity index (χ2n) is 5.10. The molecule has 1 atom stereocenters. The van der Waals surface area contributed by atoms with Crippen LogP contribution >= 0.6 is 0 Å². The van der Waals surface area contributed by atoms with Crippen molar-refractivity contribution in [3.05, 3.63) is 29.6 Å². The maximum atomic E-state index is 13.9. The Balaban J connectivity index is 2.13. The summed E-state index contributed by atoms with van der Waals surface area (Å²) in [5.41, 5.74) is 7.46. The van der Waals surface area contributed by atoms with Gasteiger partial charge in [-0.3, -0.25) is 0 Å². The lowest BCUT2D eigenvalue weighted by Gasteiger charge is -2.35. The fourth-order valence-electron chi connectivity index (χ4n) is 2.75. The zero-order valence-corrected chi connectivity index (χ0v) is 11.7. The van der Waals surface area contributed by atoms with Crippen molar-refractivity contribution in [3.63, 3.8) is 0 Å². The van der Waals surface area contributed by atoms with Crippen LogP contribution in [-0.2, 0) is 4.74 Å². The van der Waals surface area contributed by atoms with Crippen molar-refractivity contribution >= 4 is 5.69 Å². The molecule has 1 heterocycles. The molecular weight excluding hydrogens is 243 g/mol. The van der Waals surface area contributed by atoms with Gasteiger partial charge in [-0.25, -0.2) is 4.39 Å². The van der Waals surface area contributed by atoms with Crippen LogP contribution in [0.25, 0.3) is 0 Å². The molecule has 1 aromatic carbocycles. The molecule has 4 heteroatoms. The second kappa shape index (κ2) is 6.35. The maximum Gasteiger partial charge on any atom is 0.130 e. The first-order valence-electron chi connectivity index (χ1n) is 7.04. The summed E-state index contributed by atoms with van der Waals surface area (Å²) < 4.78 is 19.6. The lowest BCUT2D eigenvalue weighted by Crippen LogP contribution is -2.38. The molecule has 0 spiro atoms. The predicted octanol–water partition coefficient (Wildman–Crippen LogP) is 2.85. The van der Waals surface area contributed by atoms with Crippen molar-refractivity contribution in [2.45, 2.75) is 38.8 Å². The molecule has 19 heavy (non-hydrogen) atoms. The van der Waals surface area contributed by atoms with Crippen LogP contribution in [0.3, 0.4) is 0 Å². The van der Waals surface area contributed by atoms with Crippen LogP contribution in [0.2, 0.25) is 0 Å². The van der Waals surface area contributed by atoms with E-state index in [9.17, 15) is 4.39 Å². The van der Waals surface area contributed by atoms with Gasteiger partial charge in [0.1, 0.15) is 5.82 Å². The van der Waals surface area contributed by atoms with E-state index in [1.54, 1.807) is 6.07 Å². The van der Waals surface area contributed by atoms with Crippen LogP contribution in [0, 0.1) is 5.82 Å². The Hall–Kier alpha value is -1.13. The number of ether oxygens (including phenoxy) is 1. The number of halogens is 1. The third kappa shape index (κ3) is 3.25. The van der Waals surface area contributed by atoms with Crippen LogP contribution in [0.1, 0.15) is 38.3 Å². The summed E-state index contributed by atoms with van der Waals surface area (Å²) in [6.07, 6.45) is 2.32. The number of benzene rings is 1. The molecule has 0 amide bonds. The molecule has 3 nitrogen and oxygen atoms in total. The van der Waals surface area contributed by atoms with Crippen molar-refractivity contribution in [1.82, 2.24) is 0 Å². The highest BCUT2D eigenvalue weighted by Crippen LogP contribution is 2.30. The zero-order valence-electron chi connectivity index (χ0n) is 11.7. The maximum absolute atomic E-state index is 13.9. The SMILES string of the molecule is CCOC1CCN(c2cccc(F)c2[C@H](C)N)CC1. The standard InChI is InChI=1S/C15H23FN2O/c1-3-19-12-7-9-18(10-8-12)14-6-4-5-13(16)15(14)11(2)17/h4-6,11-12H,3,7-10,17H2,1-2H3/t11-/m0/s1. The molecular formula is C15H23FN2O. The topological polar surface area (TPSA) is 38.5 Å². The summed E-state index contributed by atoms with van der Waals surface area (Å²) in [6.45, 7) is 6.40. The predicted molar refractivity (Wildman–Crippen MR) is 75.9 cm³/mol. The number of rotatable bonds is 4. The molecule has 0 aromatic heterocycles. The molecule has 0 aliphatic carbocycles. The summed E-state index contributed by atoms with van der Waals surface area (Å²) in [5, 5.41) is 0. The van der Waals surface area contributed by atoms with E-state index in [1.807, 2.05) is 19.9 Å². The summed E-state index contributed by atoms with van der Waals surface area (Å²) in [7, 11) is 0. The van der Waals surface area contributed by atoms with E-state index in [4.69, 9.17) is 10.5 Å². The fourth-order valence-corrected chi connectivity index (χ4v) is 2.75. The van der Waals surface area contributed by atoms with E-state index in [2.05, 4.69) is 4.90 Å². The largest absolute Gasteiger partial charge is 0.378 e. The highest BCUT2D eigenvalue weighted by atomic mass is 19.1. The van der Waals surface area contributed by atoms with E-state index in [0.29, 0.717) is 11.7 Å². The van der Waals surface area contributed by atoms with Gasteiger partial charge in [0.15, 0.2) is 0 Å². The van der Waals surface area contributed by atoms with Crippen LogP contribution in [0.5, 0.6) is 0 Å². The van der Waals surface area contributed by atoms with Gasteiger partial charge in [0.2, 0.25) is 0 Å². The molecule has 2 N–H and O–H groups in total. The molecule has 106 valence electrons. The van der Waals surface area contributed by atoms with Crippen molar-refractivity contribution in [2.24, 2.45) is 5.73 Å². The minimum Gasteiger partial charge on any atom is -0.378 e. The van der Waals surface area contributed by atoms with Crippen molar-refractivity contribution in [2.75, 3.05) is 24.6 Å². The van der Waals surface area contributed by atoms with Crippen molar-refractivity contribution in [3.8, 4) is 0 Å².